The minimum Gasteiger partial charge on any atom is -0.489 e. The predicted molar refractivity (Wildman–Crippen MR) is 85.2 cm³/mol. The second kappa shape index (κ2) is 7.34. The maximum atomic E-state index is 12.1. The zero-order valence-corrected chi connectivity index (χ0v) is 13.8. The minimum atomic E-state index is -0.0367. The Balaban J connectivity index is 1.89. The highest BCUT2D eigenvalue weighted by atomic mass is 35.5. The molecule has 0 aliphatic carbocycles. The van der Waals surface area contributed by atoms with Crippen molar-refractivity contribution in [3.8, 4) is 5.75 Å². The SMILES string of the molecule is CN(C)C(=O)C1CCCN1CCOc1c(Cl)cccc1Cl. The van der Waals surface area contributed by atoms with Gasteiger partial charge in [-0.25, -0.2) is 0 Å². The molecule has 21 heavy (non-hydrogen) atoms. The number of ether oxygens (including phenoxy) is 1. The maximum absolute atomic E-state index is 12.1. The summed E-state index contributed by atoms with van der Waals surface area (Å²) in [5.41, 5.74) is 0. The van der Waals surface area contributed by atoms with Gasteiger partial charge in [-0.15, -0.1) is 0 Å². The van der Waals surface area contributed by atoms with Crippen molar-refractivity contribution in [1.82, 2.24) is 9.80 Å². The van der Waals surface area contributed by atoms with Gasteiger partial charge >= 0.3 is 0 Å². The largest absolute Gasteiger partial charge is 0.489 e. The monoisotopic (exact) mass is 330 g/mol. The van der Waals surface area contributed by atoms with E-state index in [0.717, 1.165) is 19.4 Å². The zero-order valence-electron chi connectivity index (χ0n) is 12.3. The molecule has 1 aliphatic rings. The molecule has 0 spiro atoms. The Morgan fingerprint density at radius 3 is 2.67 bits per heavy atom. The number of hydrogen-bond acceptors (Lipinski definition) is 3. The summed E-state index contributed by atoms with van der Waals surface area (Å²) in [5, 5.41) is 1.01. The van der Waals surface area contributed by atoms with Gasteiger partial charge in [0.25, 0.3) is 0 Å². The summed E-state index contributed by atoms with van der Waals surface area (Å²) < 4.78 is 5.69. The van der Waals surface area contributed by atoms with Crippen molar-refractivity contribution in [2.45, 2.75) is 18.9 Å². The van der Waals surface area contributed by atoms with Crippen LogP contribution in [-0.2, 0) is 4.79 Å². The molecule has 0 bridgehead atoms. The highest BCUT2D eigenvalue weighted by Gasteiger charge is 2.31. The summed E-state index contributed by atoms with van der Waals surface area (Å²) in [5.74, 6) is 0.666. The number of carbonyl (C=O) groups excluding carboxylic acids is 1. The average molecular weight is 331 g/mol. The van der Waals surface area contributed by atoms with Crippen molar-refractivity contribution in [2.24, 2.45) is 0 Å². The highest BCUT2D eigenvalue weighted by molar-refractivity contribution is 6.37. The van der Waals surface area contributed by atoms with Crippen LogP contribution in [0.25, 0.3) is 0 Å². The number of para-hydroxylation sites is 1. The van der Waals surface area contributed by atoms with Crippen molar-refractivity contribution in [3.63, 3.8) is 0 Å². The lowest BCUT2D eigenvalue weighted by Gasteiger charge is -2.26. The van der Waals surface area contributed by atoms with Crippen LogP contribution in [0.15, 0.2) is 18.2 Å². The molecule has 4 nitrogen and oxygen atoms in total. The molecular weight excluding hydrogens is 311 g/mol. The fourth-order valence-electron chi connectivity index (χ4n) is 2.56. The molecule has 2 rings (SSSR count). The van der Waals surface area contributed by atoms with Gasteiger partial charge in [0.2, 0.25) is 5.91 Å². The topological polar surface area (TPSA) is 32.8 Å². The maximum Gasteiger partial charge on any atom is 0.239 e. The molecular formula is C15H20Cl2N2O2. The molecule has 1 amide bonds. The van der Waals surface area contributed by atoms with Crippen molar-refractivity contribution >= 4 is 29.1 Å². The number of hydrogen-bond donors (Lipinski definition) is 0. The number of nitrogens with zero attached hydrogens (tertiary/aromatic N) is 2. The van der Waals surface area contributed by atoms with Gasteiger partial charge < -0.3 is 9.64 Å². The first-order valence-electron chi connectivity index (χ1n) is 7.02. The quantitative estimate of drug-likeness (QED) is 0.832. The molecule has 1 aromatic carbocycles. The third-order valence-electron chi connectivity index (χ3n) is 3.63. The summed E-state index contributed by atoms with van der Waals surface area (Å²) >= 11 is 12.1. The second-order valence-electron chi connectivity index (χ2n) is 5.33. The Morgan fingerprint density at radius 1 is 1.38 bits per heavy atom. The summed E-state index contributed by atoms with van der Waals surface area (Å²) in [6.45, 7) is 2.07. The van der Waals surface area contributed by atoms with Crippen molar-refractivity contribution in [2.75, 3.05) is 33.8 Å². The lowest BCUT2D eigenvalue weighted by atomic mass is 10.2. The first-order chi connectivity index (χ1) is 10.0. The molecule has 1 saturated heterocycles. The van der Waals surface area contributed by atoms with Crippen LogP contribution < -0.4 is 4.74 Å². The lowest BCUT2D eigenvalue weighted by Crippen LogP contribution is -2.44. The Kier molecular flexibility index (Phi) is 5.73. The number of rotatable bonds is 5. The Labute approximate surface area is 135 Å². The third kappa shape index (κ3) is 4.02. The van der Waals surface area contributed by atoms with Crippen LogP contribution in [0.2, 0.25) is 10.0 Å². The predicted octanol–water partition coefficient (Wildman–Crippen LogP) is 2.92. The van der Waals surface area contributed by atoms with Gasteiger partial charge in [0.15, 0.2) is 5.75 Å². The Morgan fingerprint density at radius 2 is 2.05 bits per heavy atom. The first-order valence-corrected chi connectivity index (χ1v) is 7.78. The lowest BCUT2D eigenvalue weighted by molar-refractivity contribution is -0.133. The summed E-state index contributed by atoms with van der Waals surface area (Å²) in [7, 11) is 3.58. The summed E-state index contributed by atoms with van der Waals surface area (Å²) in [6, 6.07) is 5.24. The van der Waals surface area contributed by atoms with Crippen LogP contribution in [0.5, 0.6) is 5.75 Å². The van der Waals surface area contributed by atoms with Crippen LogP contribution in [0.3, 0.4) is 0 Å². The van der Waals surface area contributed by atoms with Crippen LogP contribution in [-0.4, -0.2) is 55.5 Å². The van der Waals surface area contributed by atoms with E-state index >= 15 is 0 Å². The van der Waals surface area contributed by atoms with E-state index in [-0.39, 0.29) is 11.9 Å². The van der Waals surface area contributed by atoms with E-state index < -0.39 is 0 Å². The van der Waals surface area contributed by atoms with Crippen molar-refractivity contribution < 1.29 is 9.53 Å². The van der Waals surface area contributed by atoms with Gasteiger partial charge in [-0.2, -0.15) is 0 Å². The van der Waals surface area contributed by atoms with Crippen LogP contribution in [0, 0.1) is 0 Å². The van der Waals surface area contributed by atoms with Gasteiger partial charge in [-0.05, 0) is 31.5 Å². The number of likely N-dealkylation sites (N-methyl/N-ethyl adjacent to an activating group) is 1. The van der Waals surface area contributed by atoms with Crippen molar-refractivity contribution in [1.29, 1.82) is 0 Å². The van der Waals surface area contributed by atoms with E-state index in [9.17, 15) is 4.79 Å². The van der Waals surface area contributed by atoms with E-state index in [4.69, 9.17) is 27.9 Å². The molecule has 1 fully saturated rings. The zero-order chi connectivity index (χ0) is 15.4. The number of amides is 1. The first kappa shape index (κ1) is 16.4. The Bertz CT molecular complexity index is 488. The van der Waals surface area contributed by atoms with Crippen LogP contribution in [0.1, 0.15) is 12.8 Å². The van der Waals surface area contributed by atoms with E-state index in [0.29, 0.717) is 28.9 Å². The second-order valence-corrected chi connectivity index (χ2v) is 6.14. The molecule has 0 N–H and O–H groups in total. The van der Waals surface area contributed by atoms with E-state index in [1.54, 1.807) is 37.2 Å². The molecule has 1 unspecified atom stereocenters. The fourth-order valence-corrected chi connectivity index (χ4v) is 3.06. The molecule has 1 aliphatic heterocycles. The molecule has 0 radical (unpaired) electrons. The van der Waals surface area contributed by atoms with Gasteiger partial charge in [-0.1, -0.05) is 29.3 Å². The smallest absolute Gasteiger partial charge is 0.239 e. The van der Waals surface area contributed by atoms with Gasteiger partial charge in [0.05, 0.1) is 16.1 Å². The highest BCUT2D eigenvalue weighted by Crippen LogP contribution is 2.32. The summed E-state index contributed by atoms with van der Waals surface area (Å²) in [4.78, 5) is 15.9. The molecule has 1 atom stereocenters. The molecule has 1 aromatic rings. The minimum absolute atomic E-state index is 0.0367. The van der Waals surface area contributed by atoms with Crippen molar-refractivity contribution in [3.05, 3.63) is 28.2 Å². The third-order valence-corrected chi connectivity index (χ3v) is 4.23. The van der Waals surface area contributed by atoms with Crippen LogP contribution in [0.4, 0.5) is 0 Å². The summed E-state index contributed by atoms with van der Waals surface area (Å²) in [6.07, 6.45) is 1.95. The average Bonchev–Trinajstić information content (AvgIpc) is 2.89. The molecule has 0 saturated carbocycles. The van der Waals surface area contributed by atoms with Gasteiger partial charge in [0, 0.05) is 20.6 Å². The molecule has 0 aromatic heterocycles. The molecule has 1 heterocycles. The molecule has 116 valence electrons. The van der Waals surface area contributed by atoms with E-state index in [1.165, 1.54) is 0 Å². The van der Waals surface area contributed by atoms with Gasteiger partial charge in [-0.3, -0.25) is 9.69 Å². The number of halogens is 2. The van der Waals surface area contributed by atoms with E-state index in [2.05, 4.69) is 4.90 Å². The van der Waals surface area contributed by atoms with Crippen LogP contribution >= 0.6 is 23.2 Å². The normalized spacial score (nSPS) is 18.8. The fraction of sp³-hybridized carbons (Fsp3) is 0.533. The van der Waals surface area contributed by atoms with E-state index in [1.807, 2.05) is 0 Å². The number of benzene rings is 1. The standard InChI is InChI=1S/C15H20Cl2N2O2/c1-18(2)15(20)13-7-4-8-19(13)9-10-21-14-11(16)5-3-6-12(14)17/h3,5-6,13H,4,7-10H2,1-2H3. The number of carbonyl (C=O) groups is 1. The van der Waals surface area contributed by atoms with Gasteiger partial charge in [0.1, 0.15) is 6.61 Å². The molecule has 6 heteroatoms. The Hall–Kier alpha value is -0.970. The number of likely N-dealkylation sites (tertiary alicyclic amines) is 1.